The van der Waals surface area contributed by atoms with Crippen LogP contribution < -0.4 is 15.0 Å². The van der Waals surface area contributed by atoms with Gasteiger partial charge >= 0.3 is 6.61 Å². The van der Waals surface area contributed by atoms with E-state index in [4.69, 9.17) is 0 Å². The van der Waals surface area contributed by atoms with E-state index in [9.17, 15) is 18.4 Å². The fourth-order valence-corrected chi connectivity index (χ4v) is 3.17. The number of rotatable bonds is 5. The summed E-state index contributed by atoms with van der Waals surface area (Å²) in [5.41, 5.74) is 3.11. The van der Waals surface area contributed by atoms with Gasteiger partial charge in [0.15, 0.2) is 0 Å². The van der Waals surface area contributed by atoms with Crippen molar-refractivity contribution in [3.8, 4) is 5.75 Å². The Kier molecular flexibility index (Phi) is 5.39. The van der Waals surface area contributed by atoms with Crippen LogP contribution in [0.5, 0.6) is 5.75 Å². The maximum absolute atomic E-state index is 12.5. The number of hydrogen-bond donors (Lipinski definition) is 1. The molecule has 3 rings (SSSR count). The summed E-state index contributed by atoms with van der Waals surface area (Å²) in [5, 5.41) is 2.89. The lowest BCUT2D eigenvalue weighted by Gasteiger charge is -2.17. The van der Waals surface area contributed by atoms with E-state index in [1.54, 1.807) is 35.2 Å². The molecule has 0 radical (unpaired) electrons. The molecule has 7 heteroatoms. The molecule has 0 fully saturated rings. The first-order valence-corrected chi connectivity index (χ1v) is 8.62. The molecule has 1 aliphatic rings. The number of alkyl halides is 2. The average molecular weight is 374 g/mol. The third kappa shape index (κ3) is 4.24. The van der Waals surface area contributed by atoms with Crippen molar-refractivity contribution >= 4 is 17.5 Å². The van der Waals surface area contributed by atoms with E-state index in [0.717, 1.165) is 23.2 Å². The highest BCUT2D eigenvalue weighted by Crippen LogP contribution is 2.29. The highest BCUT2D eigenvalue weighted by atomic mass is 19.3. The summed E-state index contributed by atoms with van der Waals surface area (Å²) in [6.45, 7) is 1.09. The summed E-state index contributed by atoms with van der Waals surface area (Å²) in [6.07, 6.45) is 0.719. The molecule has 0 saturated carbocycles. The number of amides is 2. The highest BCUT2D eigenvalue weighted by Gasteiger charge is 2.23. The quantitative estimate of drug-likeness (QED) is 0.868. The number of carbonyl (C=O) groups excluding carboxylic acids is 2. The molecule has 1 unspecified atom stereocenters. The van der Waals surface area contributed by atoms with Gasteiger partial charge in [0.2, 0.25) is 5.91 Å². The SMILES string of the molecule is CC(=O)N1CCc2cc(C(=O)NC(C)c3ccc(OC(F)F)cc3)ccc21. The van der Waals surface area contributed by atoms with Gasteiger partial charge < -0.3 is 15.0 Å². The van der Waals surface area contributed by atoms with Gasteiger partial charge in [-0.15, -0.1) is 0 Å². The minimum absolute atomic E-state index is 0.0150. The first kappa shape index (κ1) is 18.8. The molecule has 1 atom stereocenters. The molecule has 0 spiro atoms. The molecule has 27 heavy (non-hydrogen) atoms. The Balaban J connectivity index is 1.67. The van der Waals surface area contributed by atoms with Crippen molar-refractivity contribution in [3.05, 3.63) is 59.2 Å². The molecule has 142 valence electrons. The van der Waals surface area contributed by atoms with Crippen LogP contribution >= 0.6 is 0 Å². The molecule has 0 bridgehead atoms. The Morgan fingerprint density at radius 2 is 1.85 bits per heavy atom. The monoisotopic (exact) mass is 374 g/mol. The molecule has 0 aliphatic carbocycles. The molecule has 0 saturated heterocycles. The second-order valence-electron chi connectivity index (χ2n) is 6.41. The van der Waals surface area contributed by atoms with Crippen molar-refractivity contribution in [3.63, 3.8) is 0 Å². The summed E-state index contributed by atoms with van der Waals surface area (Å²) in [5.74, 6) is -0.181. The number of carbonyl (C=O) groups is 2. The predicted octanol–water partition coefficient (Wildman–Crippen LogP) is 3.69. The van der Waals surface area contributed by atoms with Gasteiger partial charge in [-0.3, -0.25) is 9.59 Å². The van der Waals surface area contributed by atoms with Crippen LogP contribution in [0.15, 0.2) is 42.5 Å². The zero-order chi connectivity index (χ0) is 19.6. The van der Waals surface area contributed by atoms with Gasteiger partial charge in [0.25, 0.3) is 5.91 Å². The van der Waals surface area contributed by atoms with Crippen LogP contribution in [-0.4, -0.2) is 25.0 Å². The van der Waals surface area contributed by atoms with Crippen LogP contribution in [0.2, 0.25) is 0 Å². The largest absolute Gasteiger partial charge is 0.435 e. The zero-order valence-electron chi connectivity index (χ0n) is 15.0. The molecule has 1 N–H and O–H groups in total. The van der Waals surface area contributed by atoms with Crippen LogP contribution in [0.1, 0.15) is 41.4 Å². The Labute approximate surface area is 155 Å². The number of anilines is 1. The number of halogens is 2. The highest BCUT2D eigenvalue weighted by molar-refractivity contribution is 5.98. The van der Waals surface area contributed by atoms with E-state index in [1.165, 1.54) is 19.1 Å². The number of nitrogens with one attached hydrogen (secondary N) is 1. The fraction of sp³-hybridized carbons (Fsp3) is 0.300. The third-order valence-electron chi connectivity index (χ3n) is 4.57. The van der Waals surface area contributed by atoms with Crippen LogP contribution in [0.25, 0.3) is 0 Å². The van der Waals surface area contributed by atoms with Crippen molar-refractivity contribution in [2.75, 3.05) is 11.4 Å². The summed E-state index contributed by atoms with van der Waals surface area (Å²) >= 11 is 0. The summed E-state index contributed by atoms with van der Waals surface area (Å²) in [4.78, 5) is 25.8. The van der Waals surface area contributed by atoms with Gasteiger partial charge in [0, 0.05) is 24.7 Å². The van der Waals surface area contributed by atoms with Crippen molar-refractivity contribution in [1.82, 2.24) is 5.32 Å². The standard InChI is InChI=1S/C20H20F2N2O3/c1-12(14-3-6-17(7-4-14)27-20(21)22)23-19(26)16-5-8-18-15(11-16)9-10-24(18)13(2)25/h3-8,11-12,20H,9-10H2,1-2H3,(H,23,26). The molecule has 1 heterocycles. The maximum atomic E-state index is 12.5. The fourth-order valence-electron chi connectivity index (χ4n) is 3.17. The Hall–Kier alpha value is -2.96. The Morgan fingerprint density at radius 3 is 2.48 bits per heavy atom. The molecule has 1 aliphatic heterocycles. The average Bonchev–Trinajstić information content (AvgIpc) is 3.05. The van der Waals surface area contributed by atoms with E-state index in [0.29, 0.717) is 12.1 Å². The minimum atomic E-state index is -2.87. The second kappa shape index (κ2) is 7.73. The van der Waals surface area contributed by atoms with E-state index in [-0.39, 0.29) is 23.6 Å². The second-order valence-corrected chi connectivity index (χ2v) is 6.41. The van der Waals surface area contributed by atoms with Crippen LogP contribution in [0.3, 0.4) is 0 Å². The van der Waals surface area contributed by atoms with E-state index >= 15 is 0 Å². The van der Waals surface area contributed by atoms with Crippen molar-refractivity contribution in [2.24, 2.45) is 0 Å². The molecular weight excluding hydrogens is 354 g/mol. The van der Waals surface area contributed by atoms with Gasteiger partial charge in [-0.2, -0.15) is 8.78 Å². The topological polar surface area (TPSA) is 58.6 Å². The molecule has 2 aromatic rings. The van der Waals surface area contributed by atoms with Crippen molar-refractivity contribution in [2.45, 2.75) is 32.9 Å². The number of ether oxygens (including phenoxy) is 1. The van der Waals surface area contributed by atoms with Crippen molar-refractivity contribution in [1.29, 1.82) is 0 Å². The van der Waals surface area contributed by atoms with Crippen LogP contribution in [0.4, 0.5) is 14.5 Å². The number of nitrogens with zero attached hydrogens (tertiary/aromatic N) is 1. The summed E-state index contributed by atoms with van der Waals surface area (Å²) in [6, 6.07) is 11.1. The van der Waals surface area contributed by atoms with Crippen LogP contribution in [0, 0.1) is 0 Å². The van der Waals surface area contributed by atoms with E-state index < -0.39 is 6.61 Å². The molecule has 0 aromatic heterocycles. The molecule has 5 nitrogen and oxygen atoms in total. The van der Waals surface area contributed by atoms with Gasteiger partial charge in [-0.1, -0.05) is 12.1 Å². The summed E-state index contributed by atoms with van der Waals surface area (Å²) in [7, 11) is 0. The van der Waals surface area contributed by atoms with Gasteiger partial charge in [0.05, 0.1) is 6.04 Å². The van der Waals surface area contributed by atoms with Crippen molar-refractivity contribution < 1.29 is 23.1 Å². The third-order valence-corrected chi connectivity index (χ3v) is 4.57. The van der Waals surface area contributed by atoms with Crippen LogP contribution in [-0.2, 0) is 11.2 Å². The van der Waals surface area contributed by atoms with Gasteiger partial charge in [-0.25, -0.2) is 0 Å². The lowest BCUT2D eigenvalue weighted by molar-refractivity contribution is -0.116. The number of fused-ring (bicyclic) bond motifs is 1. The molecular formula is C20H20F2N2O3. The van der Waals surface area contributed by atoms with E-state index in [1.807, 2.05) is 6.92 Å². The zero-order valence-corrected chi connectivity index (χ0v) is 15.0. The Bertz CT molecular complexity index is 853. The smallest absolute Gasteiger partial charge is 0.387 e. The van der Waals surface area contributed by atoms with Gasteiger partial charge in [-0.05, 0) is 54.8 Å². The predicted molar refractivity (Wildman–Crippen MR) is 97.1 cm³/mol. The molecule has 2 aromatic carbocycles. The van der Waals surface area contributed by atoms with Gasteiger partial charge in [0.1, 0.15) is 5.75 Å². The number of benzene rings is 2. The Morgan fingerprint density at radius 1 is 1.15 bits per heavy atom. The number of hydrogen-bond acceptors (Lipinski definition) is 3. The lowest BCUT2D eigenvalue weighted by atomic mass is 10.1. The first-order chi connectivity index (χ1) is 12.8. The normalized spacial score (nSPS) is 14.0. The lowest BCUT2D eigenvalue weighted by Crippen LogP contribution is -2.27. The molecule has 2 amide bonds. The van der Waals surface area contributed by atoms with E-state index in [2.05, 4.69) is 10.1 Å². The maximum Gasteiger partial charge on any atom is 0.387 e. The minimum Gasteiger partial charge on any atom is -0.435 e. The summed E-state index contributed by atoms with van der Waals surface area (Å²) < 4.78 is 28.7. The first-order valence-electron chi connectivity index (χ1n) is 8.62.